The molecule has 3 aromatic carbocycles. The van der Waals surface area contributed by atoms with Crippen molar-refractivity contribution < 1.29 is 4.79 Å². The maximum atomic E-state index is 13.1. The fourth-order valence-corrected chi connectivity index (χ4v) is 3.87. The third-order valence-electron chi connectivity index (χ3n) is 5.80. The highest BCUT2D eigenvalue weighted by Gasteiger charge is 2.14. The van der Waals surface area contributed by atoms with Gasteiger partial charge in [-0.2, -0.15) is 5.10 Å². The quantitative estimate of drug-likeness (QED) is 0.188. The van der Waals surface area contributed by atoms with Gasteiger partial charge in [0.25, 0.3) is 5.91 Å². The summed E-state index contributed by atoms with van der Waals surface area (Å²) in [5.41, 5.74) is 8.92. The van der Waals surface area contributed by atoms with Crippen LogP contribution in [0.3, 0.4) is 0 Å². The highest BCUT2D eigenvalue weighted by Crippen LogP contribution is 2.24. The van der Waals surface area contributed by atoms with Crippen LogP contribution in [0, 0.1) is 0 Å². The Morgan fingerprint density at radius 3 is 2.39 bits per heavy atom. The lowest BCUT2D eigenvalue weighted by atomic mass is 10.0. The zero-order valence-electron chi connectivity index (χ0n) is 19.2. The summed E-state index contributed by atoms with van der Waals surface area (Å²) < 4.78 is 0. The molecule has 0 saturated carbocycles. The van der Waals surface area contributed by atoms with Gasteiger partial charge >= 0.3 is 0 Å². The van der Waals surface area contributed by atoms with Crippen molar-refractivity contribution in [2.24, 2.45) is 5.10 Å². The van der Waals surface area contributed by atoms with Gasteiger partial charge in [-0.3, -0.25) is 4.79 Å². The lowest BCUT2D eigenvalue weighted by Gasteiger charge is -2.10. The molecule has 0 unspecified atom stereocenters. The molecule has 4 aromatic rings. The number of aromatic nitrogens is 1. The topological polar surface area (TPSA) is 54.4 Å². The Morgan fingerprint density at radius 1 is 0.909 bits per heavy atom. The predicted molar refractivity (Wildman–Crippen MR) is 137 cm³/mol. The molecule has 4 rings (SSSR count). The summed E-state index contributed by atoms with van der Waals surface area (Å²) >= 11 is 0. The van der Waals surface area contributed by atoms with Crippen LogP contribution in [0.5, 0.6) is 0 Å². The molecule has 33 heavy (non-hydrogen) atoms. The summed E-state index contributed by atoms with van der Waals surface area (Å²) in [7, 11) is 0. The average Bonchev–Trinajstić information content (AvgIpc) is 2.87. The fraction of sp³-hybridized carbons (Fsp3) is 0.207. The Hall–Kier alpha value is -3.79. The number of hydrogen-bond donors (Lipinski definition) is 1. The zero-order chi connectivity index (χ0) is 23.0. The average molecular weight is 436 g/mol. The third kappa shape index (κ3) is 5.53. The van der Waals surface area contributed by atoms with Gasteiger partial charge in [0.1, 0.15) is 0 Å². The molecule has 4 heteroatoms. The van der Waals surface area contributed by atoms with Gasteiger partial charge < -0.3 is 0 Å². The minimum Gasteiger partial charge on any atom is -0.267 e. The molecule has 0 fully saturated rings. The molecule has 0 aliphatic heterocycles. The normalized spacial score (nSPS) is 11.5. The fourth-order valence-electron chi connectivity index (χ4n) is 3.87. The summed E-state index contributed by atoms with van der Waals surface area (Å²) in [6.07, 6.45) is 4.79. The Balaban J connectivity index is 1.55. The number of hydrogen-bond acceptors (Lipinski definition) is 3. The largest absolute Gasteiger partial charge is 0.272 e. The van der Waals surface area contributed by atoms with E-state index >= 15 is 0 Å². The highest BCUT2D eigenvalue weighted by molar-refractivity contribution is 6.08. The first-order valence-electron chi connectivity index (χ1n) is 11.5. The minimum absolute atomic E-state index is 0.249. The SMILES string of the molecule is CCCCCc1ccc(/C(C)=N\NC(=O)c2cc(-c3ccccc3)nc3ccccc23)cc1. The maximum absolute atomic E-state index is 13.1. The van der Waals surface area contributed by atoms with Gasteiger partial charge in [0.05, 0.1) is 22.5 Å². The van der Waals surface area contributed by atoms with Crippen LogP contribution in [0.15, 0.2) is 90.0 Å². The van der Waals surface area contributed by atoms with Gasteiger partial charge in [-0.05, 0) is 43.0 Å². The molecular formula is C29H29N3O. The molecule has 0 saturated heterocycles. The Morgan fingerprint density at radius 2 is 1.64 bits per heavy atom. The van der Waals surface area contributed by atoms with E-state index in [1.165, 1.54) is 24.8 Å². The smallest absolute Gasteiger partial charge is 0.267 e. The van der Waals surface area contributed by atoms with Gasteiger partial charge in [-0.25, -0.2) is 10.4 Å². The van der Waals surface area contributed by atoms with Crippen molar-refractivity contribution in [1.29, 1.82) is 0 Å². The van der Waals surface area contributed by atoms with E-state index in [4.69, 9.17) is 4.98 Å². The number of pyridine rings is 1. The van der Waals surface area contributed by atoms with Crippen molar-refractivity contribution in [1.82, 2.24) is 10.4 Å². The number of carbonyl (C=O) groups excluding carboxylic acids is 1. The van der Waals surface area contributed by atoms with Crippen LogP contribution in [-0.2, 0) is 6.42 Å². The number of rotatable bonds is 8. The van der Waals surface area contributed by atoms with Gasteiger partial charge in [0.15, 0.2) is 0 Å². The highest BCUT2D eigenvalue weighted by atomic mass is 16.2. The van der Waals surface area contributed by atoms with E-state index in [0.717, 1.165) is 39.9 Å². The van der Waals surface area contributed by atoms with Crippen LogP contribution in [0.25, 0.3) is 22.2 Å². The van der Waals surface area contributed by atoms with E-state index in [-0.39, 0.29) is 5.91 Å². The van der Waals surface area contributed by atoms with Crippen LogP contribution >= 0.6 is 0 Å². The van der Waals surface area contributed by atoms with Crippen molar-refractivity contribution in [3.63, 3.8) is 0 Å². The lowest BCUT2D eigenvalue weighted by Crippen LogP contribution is -2.20. The summed E-state index contributed by atoms with van der Waals surface area (Å²) in [6.45, 7) is 4.13. The number of para-hydroxylation sites is 1. The van der Waals surface area contributed by atoms with E-state index in [0.29, 0.717) is 5.56 Å². The third-order valence-corrected chi connectivity index (χ3v) is 5.80. The maximum Gasteiger partial charge on any atom is 0.272 e. The Kier molecular flexibility index (Phi) is 7.26. The van der Waals surface area contributed by atoms with E-state index in [9.17, 15) is 4.79 Å². The second-order valence-electron chi connectivity index (χ2n) is 8.23. The molecule has 0 bridgehead atoms. The Bertz CT molecular complexity index is 1260. The number of amides is 1. The van der Waals surface area contributed by atoms with Crippen LogP contribution in [0.4, 0.5) is 0 Å². The van der Waals surface area contributed by atoms with Crippen molar-refractivity contribution in [2.75, 3.05) is 0 Å². The molecule has 1 amide bonds. The molecule has 1 heterocycles. The van der Waals surface area contributed by atoms with Crippen molar-refractivity contribution in [2.45, 2.75) is 39.5 Å². The number of nitrogens with zero attached hydrogens (tertiary/aromatic N) is 2. The first kappa shape index (κ1) is 22.4. The summed E-state index contributed by atoms with van der Waals surface area (Å²) in [5, 5.41) is 5.19. The first-order valence-corrected chi connectivity index (χ1v) is 11.5. The number of carbonyl (C=O) groups is 1. The van der Waals surface area contributed by atoms with Crippen molar-refractivity contribution in [3.8, 4) is 11.3 Å². The number of benzene rings is 3. The van der Waals surface area contributed by atoms with Crippen molar-refractivity contribution in [3.05, 3.63) is 102 Å². The molecule has 0 atom stereocenters. The molecule has 0 radical (unpaired) electrons. The standard InChI is InChI=1S/C29H29N3O/c1-3-4-6-11-22-16-18-23(19-17-22)21(2)31-32-29(33)26-20-28(24-12-7-5-8-13-24)30-27-15-10-9-14-25(26)27/h5,7-10,12-20H,3-4,6,11H2,1-2H3,(H,32,33)/b31-21-. The molecule has 4 nitrogen and oxygen atoms in total. The number of aryl methyl sites for hydroxylation is 1. The van der Waals surface area contributed by atoms with Crippen LogP contribution in [0.2, 0.25) is 0 Å². The van der Waals surface area contributed by atoms with Crippen LogP contribution < -0.4 is 5.43 Å². The van der Waals surface area contributed by atoms with Gasteiger partial charge in [-0.15, -0.1) is 0 Å². The minimum atomic E-state index is -0.249. The molecule has 0 spiro atoms. The van der Waals surface area contributed by atoms with E-state index in [1.807, 2.05) is 67.6 Å². The van der Waals surface area contributed by atoms with Gasteiger partial charge in [0.2, 0.25) is 0 Å². The molecule has 1 aromatic heterocycles. The number of fused-ring (bicyclic) bond motifs is 1. The second-order valence-corrected chi connectivity index (χ2v) is 8.23. The van der Waals surface area contributed by atoms with E-state index in [2.05, 4.69) is 41.7 Å². The molecule has 0 aliphatic rings. The zero-order valence-corrected chi connectivity index (χ0v) is 19.2. The summed E-state index contributed by atoms with van der Waals surface area (Å²) in [5.74, 6) is -0.249. The molecule has 1 N–H and O–H groups in total. The van der Waals surface area contributed by atoms with Gasteiger partial charge in [0, 0.05) is 10.9 Å². The van der Waals surface area contributed by atoms with E-state index < -0.39 is 0 Å². The molecular weight excluding hydrogens is 406 g/mol. The van der Waals surface area contributed by atoms with Crippen LogP contribution in [0.1, 0.15) is 54.6 Å². The molecule has 0 aliphatic carbocycles. The lowest BCUT2D eigenvalue weighted by molar-refractivity contribution is 0.0956. The number of unbranched alkanes of at least 4 members (excludes halogenated alkanes) is 2. The van der Waals surface area contributed by atoms with Crippen LogP contribution in [-0.4, -0.2) is 16.6 Å². The first-order chi connectivity index (χ1) is 16.2. The number of nitrogens with one attached hydrogen (secondary N) is 1. The number of hydrazone groups is 1. The predicted octanol–water partition coefficient (Wildman–Crippen LogP) is 6.79. The van der Waals surface area contributed by atoms with Crippen molar-refractivity contribution >= 4 is 22.5 Å². The Labute approximate surface area is 195 Å². The van der Waals surface area contributed by atoms with E-state index in [1.54, 1.807) is 0 Å². The summed E-state index contributed by atoms with van der Waals surface area (Å²) in [6, 6.07) is 27.8. The van der Waals surface area contributed by atoms with Gasteiger partial charge in [-0.1, -0.05) is 92.6 Å². The summed E-state index contributed by atoms with van der Waals surface area (Å²) in [4.78, 5) is 17.9. The second kappa shape index (κ2) is 10.7. The molecule has 166 valence electrons. The monoisotopic (exact) mass is 435 g/mol.